The Morgan fingerprint density at radius 1 is 1.20 bits per heavy atom. The Balaban J connectivity index is 1.76. The molecule has 0 aromatic carbocycles. The first-order chi connectivity index (χ1) is 12.0. The fourth-order valence-corrected chi connectivity index (χ4v) is 4.09. The molecule has 0 aliphatic carbocycles. The van der Waals surface area contributed by atoms with Gasteiger partial charge in [-0.2, -0.15) is 9.61 Å². The molecular weight excluding hydrogens is 316 g/mol. The van der Waals surface area contributed by atoms with Gasteiger partial charge >= 0.3 is 0 Å². The molecular formula is C19H28N4O2. The lowest BCUT2D eigenvalue weighted by atomic mass is 9.96. The molecule has 0 bridgehead atoms. The molecule has 4 heterocycles. The first-order valence-corrected chi connectivity index (χ1v) is 9.42. The summed E-state index contributed by atoms with van der Waals surface area (Å²) in [4.78, 5) is 7.14. The van der Waals surface area contributed by atoms with Crippen molar-refractivity contribution in [3.8, 4) is 0 Å². The molecule has 0 spiro atoms. The second kappa shape index (κ2) is 6.57. The zero-order valence-electron chi connectivity index (χ0n) is 15.4. The second-order valence-electron chi connectivity index (χ2n) is 7.65. The molecule has 6 nitrogen and oxygen atoms in total. The van der Waals surface area contributed by atoms with E-state index in [1.165, 1.54) is 5.56 Å². The maximum absolute atomic E-state index is 10.1. The molecule has 2 aliphatic heterocycles. The number of rotatable bonds is 2. The number of aliphatic hydroxyl groups is 1. The number of ether oxygens (including phenoxy) is 1. The van der Waals surface area contributed by atoms with Crippen molar-refractivity contribution in [1.29, 1.82) is 0 Å². The highest BCUT2D eigenvalue weighted by Crippen LogP contribution is 2.31. The van der Waals surface area contributed by atoms with E-state index in [2.05, 4.69) is 31.7 Å². The van der Waals surface area contributed by atoms with E-state index in [0.29, 0.717) is 5.92 Å². The van der Waals surface area contributed by atoms with Crippen LogP contribution in [0.25, 0.3) is 5.65 Å². The average molecular weight is 344 g/mol. The van der Waals surface area contributed by atoms with E-state index in [1.807, 2.05) is 4.52 Å². The highest BCUT2D eigenvalue weighted by Gasteiger charge is 2.28. The van der Waals surface area contributed by atoms with E-state index in [9.17, 15) is 5.11 Å². The van der Waals surface area contributed by atoms with Gasteiger partial charge in [0.15, 0.2) is 5.65 Å². The van der Waals surface area contributed by atoms with E-state index in [1.54, 1.807) is 0 Å². The Morgan fingerprint density at radius 2 is 1.96 bits per heavy atom. The molecule has 2 fully saturated rings. The van der Waals surface area contributed by atoms with Gasteiger partial charge in [-0.25, -0.2) is 4.98 Å². The fourth-order valence-electron chi connectivity index (χ4n) is 4.09. The third-order valence-corrected chi connectivity index (χ3v) is 5.87. The Kier molecular flexibility index (Phi) is 4.41. The van der Waals surface area contributed by atoms with Crippen LogP contribution in [0.3, 0.4) is 0 Å². The summed E-state index contributed by atoms with van der Waals surface area (Å²) >= 11 is 0. The average Bonchev–Trinajstić information content (AvgIpc) is 3.03. The SMILES string of the molecule is Cc1nc2cc(C3CCOCC3)nn2c(N2CC[C@@H](O)[C@H](C)C2)c1C. The quantitative estimate of drug-likeness (QED) is 0.907. The van der Waals surface area contributed by atoms with Crippen molar-refractivity contribution in [1.82, 2.24) is 14.6 Å². The van der Waals surface area contributed by atoms with Gasteiger partial charge in [-0.1, -0.05) is 6.92 Å². The summed E-state index contributed by atoms with van der Waals surface area (Å²) in [6.07, 6.45) is 2.66. The predicted octanol–water partition coefficient (Wildman–Crippen LogP) is 2.45. The summed E-state index contributed by atoms with van der Waals surface area (Å²) in [5.74, 6) is 1.87. The van der Waals surface area contributed by atoms with Crippen LogP contribution in [-0.2, 0) is 4.74 Å². The van der Waals surface area contributed by atoms with Gasteiger partial charge in [-0.05, 0) is 39.0 Å². The maximum atomic E-state index is 10.1. The molecule has 2 aliphatic rings. The van der Waals surface area contributed by atoms with E-state index in [4.69, 9.17) is 14.8 Å². The number of aliphatic hydroxyl groups excluding tert-OH is 1. The Morgan fingerprint density at radius 3 is 2.68 bits per heavy atom. The van der Waals surface area contributed by atoms with Gasteiger partial charge < -0.3 is 14.7 Å². The second-order valence-corrected chi connectivity index (χ2v) is 7.65. The molecule has 2 aromatic heterocycles. The lowest BCUT2D eigenvalue weighted by Crippen LogP contribution is -2.43. The van der Waals surface area contributed by atoms with Gasteiger partial charge in [-0.15, -0.1) is 0 Å². The molecule has 0 unspecified atom stereocenters. The molecule has 1 N–H and O–H groups in total. The molecule has 2 aromatic rings. The van der Waals surface area contributed by atoms with Crippen molar-refractivity contribution in [2.45, 2.75) is 52.1 Å². The number of nitrogens with zero attached hydrogens (tertiary/aromatic N) is 4. The zero-order valence-corrected chi connectivity index (χ0v) is 15.4. The highest BCUT2D eigenvalue weighted by molar-refractivity contribution is 5.57. The summed E-state index contributed by atoms with van der Waals surface area (Å²) in [5, 5.41) is 15.0. The highest BCUT2D eigenvalue weighted by atomic mass is 16.5. The van der Waals surface area contributed by atoms with E-state index >= 15 is 0 Å². The van der Waals surface area contributed by atoms with Gasteiger partial charge in [0.05, 0.1) is 11.8 Å². The molecule has 2 atom stereocenters. The van der Waals surface area contributed by atoms with Crippen molar-refractivity contribution in [3.63, 3.8) is 0 Å². The van der Waals surface area contributed by atoms with Crippen molar-refractivity contribution < 1.29 is 9.84 Å². The van der Waals surface area contributed by atoms with Gasteiger partial charge in [0, 0.05) is 49.5 Å². The third kappa shape index (κ3) is 3.02. The van der Waals surface area contributed by atoms with Crippen LogP contribution < -0.4 is 4.90 Å². The zero-order chi connectivity index (χ0) is 17.6. The van der Waals surface area contributed by atoms with Gasteiger partial charge in [0.1, 0.15) is 5.82 Å². The molecule has 0 radical (unpaired) electrons. The minimum atomic E-state index is -0.203. The maximum Gasteiger partial charge on any atom is 0.157 e. The van der Waals surface area contributed by atoms with Crippen LogP contribution in [0.4, 0.5) is 5.82 Å². The summed E-state index contributed by atoms with van der Waals surface area (Å²) in [7, 11) is 0. The number of hydrogen-bond donors (Lipinski definition) is 1. The van der Waals surface area contributed by atoms with Crippen LogP contribution in [0.15, 0.2) is 6.07 Å². The van der Waals surface area contributed by atoms with Crippen molar-refractivity contribution >= 4 is 11.5 Å². The number of fused-ring (bicyclic) bond motifs is 1. The largest absolute Gasteiger partial charge is 0.393 e. The summed E-state index contributed by atoms with van der Waals surface area (Å²) in [5.41, 5.74) is 4.29. The van der Waals surface area contributed by atoms with Crippen LogP contribution in [0, 0.1) is 19.8 Å². The summed E-state index contributed by atoms with van der Waals surface area (Å²) in [6.45, 7) is 9.67. The summed E-state index contributed by atoms with van der Waals surface area (Å²) in [6, 6.07) is 2.15. The van der Waals surface area contributed by atoms with Crippen LogP contribution in [0.1, 0.15) is 49.1 Å². The molecule has 4 rings (SSSR count). The van der Waals surface area contributed by atoms with E-state index in [0.717, 1.165) is 68.4 Å². The topological polar surface area (TPSA) is 62.9 Å². The minimum Gasteiger partial charge on any atom is -0.393 e. The Bertz CT molecular complexity index is 766. The van der Waals surface area contributed by atoms with E-state index < -0.39 is 0 Å². The van der Waals surface area contributed by atoms with Crippen molar-refractivity contribution in [2.24, 2.45) is 5.92 Å². The molecule has 0 amide bonds. The van der Waals surface area contributed by atoms with Crippen molar-refractivity contribution in [3.05, 3.63) is 23.0 Å². The van der Waals surface area contributed by atoms with Crippen LogP contribution in [0.2, 0.25) is 0 Å². The first kappa shape index (κ1) is 16.8. The smallest absolute Gasteiger partial charge is 0.157 e. The van der Waals surface area contributed by atoms with Crippen LogP contribution in [0.5, 0.6) is 0 Å². The number of piperidine rings is 1. The van der Waals surface area contributed by atoms with Crippen LogP contribution >= 0.6 is 0 Å². The van der Waals surface area contributed by atoms with Gasteiger partial charge in [0.25, 0.3) is 0 Å². The molecule has 0 saturated carbocycles. The number of aryl methyl sites for hydroxylation is 1. The standard InChI is InChI=1S/C19H28N4O2/c1-12-11-22(7-4-17(12)24)19-13(2)14(3)20-18-10-16(21-23(18)19)15-5-8-25-9-6-15/h10,12,15,17,24H,4-9,11H2,1-3H3/t12-,17-/m1/s1. The Hall–Kier alpha value is -1.66. The number of aromatic nitrogens is 3. The normalized spacial score (nSPS) is 25.7. The lowest BCUT2D eigenvalue weighted by molar-refractivity contribution is 0.0844. The summed E-state index contributed by atoms with van der Waals surface area (Å²) < 4.78 is 7.52. The first-order valence-electron chi connectivity index (χ1n) is 9.42. The Labute approximate surface area is 148 Å². The fraction of sp³-hybridized carbons (Fsp3) is 0.684. The van der Waals surface area contributed by atoms with Gasteiger partial charge in [0.2, 0.25) is 0 Å². The number of hydrogen-bond acceptors (Lipinski definition) is 5. The molecule has 2 saturated heterocycles. The van der Waals surface area contributed by atoms with Crippen molar-refractivity contribution in [2.75, 3.05) is 31.2 Å². The lowest BCUT2D eigenvalue weighted by Gasteiger charge is -2.36. The monoisotopic (exact) mass is 344 g/mol. The molecule has 25 heavy (non-hydrogen) atoms. The molecule has 136 valence electrons. The van der Waals surface area contributed by atoms with Crippen LogP contribution in [-0.4, -0.2) is 52.1 Å². The van der Waals surface area contributed by atoms with E-state index in [-0.39, 0.29) is 12.0 Å². The predicted molar refractivity (Wildman–Crippen MR) is 97.3 cm³/mol. The third-order valence-electron chi connectivity index (χ3n) is 5.87. The minimum absolute atomic E-state index is 0.203. The van der Waals surface area contributed by atoms with Gasteiger partial charge in [-0.3, -0.25) is 0 Å². The molecule has 6 heteroatoms. The number of anilines is 1.